The molecule has 1 N–H and O–H groups in total. The number of aryl methyl sites for hydroxylation is 1. The van der Waals surface area contributed by atoms with Crippen LogP contribution in [0.25, 0.3) is 0 Å². The van der Waals surface area contributed by atoms with Crippen molar-refractivity contribution in [1.82, 2.24) is 4.98 Å². The molecular formula is C19H21F4NO. The standard InChI is InChI=1S/C19H21F4NO/c1-13-7-8-14(20)10-16(13)17(2,3)12-18(25,19(21,22)23)11-15-6-4-5-9-24-15/h4-10,25H,11-12H2,1-3H3. The molecule has 0 bridgehead atoms. The van der Waals surface area contributed by atoms with Gasteiger partial charge in [0.15, 0.2) is 5.60 Å². The van der Waals surface area contributed by atoms with Crippen molar-refractivity contribution in [3.63, 3.8) is 0 Å². The number of nitrogens with zero attached hydrogens (tertiary/aromatic N) is 1. The summed E-state index contributed by atoms with van der Waals surface area (Å²) >= 11 is 0. The maximum atomic E-state index is 13.7. The maximum absolute atomic E-state index is 13.7. The molecule has 0 spiro atoms. The van der Waals surface area contributed by atoms with E-state index in [4.69, 9.17) is 0 Å². The van der Waals surface area contributed by atoms with Crippen molar-refractivity contribution < 1.29 is 22.7 Å². The van der Waals surface area contributed by atoms with Crippen LogP contribution in [0, 0.1) is 12.7 Å². The Morgan fingerprint density at radius 2 is 1.76 bits per heavy atom. The lowest BCUT2D eigenvalue weighted by molar-refractivity contribution is -0.266. The summed E-state index contributed by atoms with van der Waals surface area (Å²) in [5.74, 6) is -0.519. The van der Waals surface area contributed by atoms with E-state index < -0.39 is 35.9 Å². The van der Waals surface area contributed by atoms with Crippen LogP contribution in [0.3, 0.4) is 0 Å². The number of aliphatic hydroxyl groups is 1. The van der Waals surface area contributed by atoms with E-state index in [1.54, 1.807) is 32.9 Å². The zero-order valence-corrected chi connectivity index (χ0v) is 14.4. The third-order valence-corrected chi connectivity index (χ3v) is 4.39. The smallest absolute Gasteiger partial charge is 0.380 e. The Morgan fingerprint density at radius 1 is 1.08 bits per heavy atom. The number of alkyl halides is 3. The van der Waals surface area contributed by atoms with Gasteiger partial charge in [0, 0.05) is 18.3 Å². The molecule has 0 amide bonds. The van der Waals surface area contributed by atoms with Gasteiger partial charge in [0.2, 0.25) is 0 Å². The third kappa shape index (κ3) is 4.37. The molecule has 2 rings (SSSR count). The minimum absolute atomic E-state index is 0.147. The molecule has 0 saturated carbocycles. The molecule has 1 unspecified atom stereocenters. The molecule has 1 heterocycles. The Balaban J connectivity index is 2.40. The lowest BCUT2D eigenvalue weighted by atomic mass is 9.72. The predicted molar refractivity (Wildman–Crippen MR) is 87.7 cm³/mol. The third-order valence-electron chi connectivity index (χ3n) is 4.39. The summed E-state index contributed by atoms with van der Waals surface area (Å²) in [4.78, 5) is 3.89. The summed E-state index contributed by atoms with van der Waals surface area (Å²) in [6.45, 7) is 4.86. The van der Waals surface area contributed by atoms with Crippen molar-refractivity contribution in [3.05, 3.63) is 65.2 Å². The van der Waals surface area contributed by atoms with Crippen molar-refractivity contribution in [2.45, 2.75) is 50.8 Å². The van der Waals surface area contributed by atoms with E-state index in [1.165, 1.54) is 30.5 Å². The van der Waals surface area contributed by atoms with Gasteiger partial charge in [-0.25, -0.2) is 4.39 Å². The Labute approximate surface area is 144 Å². The molecular weight excluding hydrogens is 334 g/mol. The van der Waals surface area contributed by atoms with Crippen molar-refractivity contribution in [2.24, 2.45) is 0 Å². The number of aromatic nitrogens is 1. The van der Waals surface area contributed by atoms with Gasteiger partial charge in [-0.1, -0.05) is 26.0 Å². The first-order valence-corrected chi connectivity index (χ1v) is 7.90. The number of benzene rings is 1. The average molecular weight is 355 g/mol. The van der Waals surface area contributed by atoms with E-state index in [-0.39, 0.29) is 5.69 Å². The van der Waals surface area contributed by atoms with Crippen LogP contribution in [0.4, 0.5) is 17.6 Å². The van der Waals surface area contributed by atoms with E-state index in [9.17, 15) is 22.7 Å². The normalized spacial score (nSPS) is 15.0. The van der Waals surface area contributed by atoms with Crippen LogP contribution in [0.2, 0.25) is 0 Å². The van der Waals surface area contributed by atoms with Gasteiger partial charge in [-0.2, -0.15) is 13.2 Å². The van der Waals surface area contributed by atoms with Gasteiger partial charge >= 0.3 is 6.18 Å². The van der Waals surface area contributed by atoms with Gasteiger partial charge in [-0.3, -0.25) is 4.98 Å². The van der Waals surface area contributed by atoms with Crippen molar-refractivity contribution in [1.29, 1.82) is 0 Å². The molecule has 2 nitrogen and oxygen atoms in total. The monoisotopic (exact) mass is 355 g/mol. The van der Waals surface area contributed by atoms with Gasteiger partial charge < -0.3 is 5.11 Å². The second-order valence-electron chi connectivity index (χ2n) is 7.05. The van der Waals surface area contributed by atoms with Gasteiger partial charge in [0.05, 0.1) is 0 Å². The first kappa shape index (κ1) is 19.4. The highest BCUT2D eigenvalue weighted by atomic mass is 19.4. The molecule has 2 aromatic rings. The molecule has 1 aromatic heterocycles. The molecule has 1 aromatic carbocycles. The molecule has 0 aliphatic carbocycles. The number of hydrogen-bond acceptors (Lipinski definition) is 2. The van der Waals surface area contributed by atoms with E-state index >= 15 is 0 Å². The molecule has 0 radical (unpaired) electrons. The molecule has 6 heteroatoms. The first-order valence-electron chi connectivity index (χ1n) is 7.90. The summed E-state index contributed by atoms with van der Waals surface area (Å²) in [7, 11) is 0. The van der Waals surface area contributed by atoms with Crippen molar-refractivity contribution in [3.8, 4) is 0 Å². The Hall–Kier alpha value is -1.95. The van der Waals surface area contributed by atoms with Crippen LogP contribution in [0.1, 0.15) is 37.1 Å². The average Bonchev–Trinajstić information content (AvgIpc) is 2.49. The zero-order chi connectivity index (χ0) is 18.9. The molecule has 0 aliphatic rings. The van der Waals surface area contributed by atoms with Crippen LogP contribution in [0.5, 0.6) is 0 Å². The number of rotatable bonds is 5. The van der Waals surface area contributed by atoms with Gasteiger partial charge in [0.1, 0.15) is 5.82 Å². The largest absolute Gasteiger partial charge is 0.417 e. The molecule has 1 atom stereocenters. The Morgan fingerprint density at radius 3 is 2.32 bits per heavy atom. The SMILES string of the molecule is Cc1ccc(F)cc1C(C)(C)CC(O)(Cc1ccccn1)C(F)(F)F. The van der Waals surface area contributed by atoms with Crippen LogP contribution >= 0.6 is 0 Å². The first-order chi connectivity index (χ1) is 11.4. The van der Waals surface area contributed by atoms with Gasteiger partial charge in [0.25, 0.3) is 0 Å². The summed E-state index contributed by atoms with van der Waals surface area (Å²) in [5.41, 5.74) is -2.80. The van der Waals surface area contributed by atoms with Crippen molar-refractivity contribution >= 4 is 0 Å². The highest BCUT2D eigenvalue weighted by Gasteiger charge is 2.56. The van der Waals surface area contributed by atoms with E-state index in [1.807, 2.05) is 0 Å². The summed E-state index contributed by atoms with van der Waals surface area (Å²) in [6.07, 6.45) is -4.73. The molecule has 0 aliphatic heterocycles. The Kier molecular flexibility index (Phi) is 5.23. The van der Waals surface area contributed by atoms with Crippen LogP contribution in [-0.4, -0.2) is 21.9 Å². The molecule has 0 saturated heterocycles. The molecule has 136 valence electrons. The zero-order valence-electron chi connectivity index (χ0n) is 14.4. The van der Waals surface area contributed by atoms with Crippen molar-refractivity contribution in [2.75, 3.05) is 0 Å². The highest BCUT2D eigenvalue weighted by Crippen LogP contribution is 2.43. The summed E-state index contributed by atoms with van der Waals surface area (Å²) in [6, 6.07) is 8.62. The van der Waals surface area contributed by atoms with E-state index in [2.05, 4.69) is 4.98 Å². The fraction of sp³-hybridized carbons (Fsp3) is 0.421. The van der Waals surface area contributed by atoms with Crippen LogP contribution in [0.15, 0.2) is 42.6 Å². The fourth-order valence-electron chi connectivity index (χ4n) is 3.21. The lowest BCUT2D eigenvalue weighted by Gasteiger charge is -2.38. The minimum Gasteiger partial charge on any atom is -0.380 e. The number of halogens is 4. The topological polar surface area (TPSA) is 33.1 Å². The lowest BCUT2D eigenvalue weighted by Crippen LogP contribution is -2.51. The predicted octanol–water partition coefficient (Wildman–Crippen LogP) is 4.73. The highest BCUT2D eigenvalue weighted by molar-refractivity contribution is 5.33. The quantitative estimate of drug-likeness (QED) is 0.787. The van der Waals surface area contributed by atoms with Gasteiger partial charge in [-0.15, -0.1) is 0 Å². The van der Waals surface area contributed by atoms with E-state index in [0.29, 0.717) is 11.1 Å². The second-order valence-corrected chi connectivity index (χ2v) is 7.05. The van der Waals surface area contributed by atoms with E-state index in [0.717, 1.165) is 0 Å². The second kappa shape index (κ2) is 6.75. The molecule has 0 fully saturated rings. The number of hydrogen-bond donors (Lipinski definition) is 1. The van der Waals surface area contributed by atoms with Crippen LogP contribution in [-0.2, 0) is 11.8 Å². The minimum atomic E-state index is -4.84. The Bertz CT molecular complexity index is 728. The number of pyridine rings is 1. The van der Waals surface area contributed by atoms with Crippen LogP contribution < -0.4 is 0 Å². The maximum Gasteiger partial charge on any atom is 0.417 e. The molecule has 25 heavy (non-hydrogen) atoms. The van der Waals surface area contributed by atoms with Gasteiger partial charge in [-0.05, 0) is 54.2 Å². The fourth-order valence-corrected chi connectivity index (χ4v) is 3.21. The summed E-state index contributed by atoms with van der Waals surface area (Å²) < 4.78 is 54.6. The summed E-state index contributed by atoms with van der Waals surface area (Å²) in [5, 5.41) is 10.5.